The zero-order valence-electron chi connectivity index (χ0n) is 11.5. The van der Waals surface area contributed by atoms with Gasteiger partial charge in [0.25, 0.3) is 5.69 Å². The van der Waals surface area contributed by atoms with E-state index in [1.54, 1.807) is 18.2 Å². The lowest BCUT2D eigenvalue weighted by Gasteiger charge is -2.14. The molecule has 0 radical (unpaired) electrons. The fraction of sp³-hybridized carbons (Fsp3) is 0.235. The molecule has 21 heavy (non-hydrogen) atoms. The molecule has 2 aromatic rings. The van der Waals surface area contributed by atoms with Gasteiger partial charge in [0.15, 0.2) is 0 Å². The van der Waals surface area contributed by atoms with E-state index in [1.165, 1.54) is 6.07 Å². The second-order valence-electron chi connectivity index (χ2n) is 5.43. The van der Waals surface area contributed by atoms with Gasteiger partial charge in [0.1, 0.15) is 5.78 Å². The van der Waals surface area contributed by atoms with Gasteiger partial charge in [-0.25, -0.2) is 0 Å². The predicted octanol–water partition coefficient (Wildman–Crippen LogP) is 3.44. The highest BCUT2D eigenvalue weighted by Gasteiger charge is 2.50. The van der Waals surface area contributed by atoms with Gasteiger partial charge in [-0.05, 0) is 18.4 Å². The molecule has 1 saturated carbocycles. The lowest BCUT2D eigenvalue weighted by atomic mass is 9.88. The van der Waals surface area contributed by atoms with Crippen LogP contribution in [0.2, 0.25) is 0 Å². The van der Waals surface area contributed by atoms with E-state index in [0.29, 0.717) is 5.56 Å². The van der Waals surface area contributed by atoms with Crippen molar-refractivity contribution in [3.8, 4) is 0 Å². The fourth-order valence-electron chi connectivity index (χ4n) is 2.79. The van der Waals surface area contributed by atoms with Crippen LogP contribution in [-0.4, -0.2) is 10.7 Å². The van der Waals surface area contributed by atoms with Crippen LogP contribution in [0.4, 0.5) is 5.69 Å². The molecular formula is C17H15NO3. The topological polar surface area (TPSA) is 60.2 Å². The molecular weight excluding hydrogens is 266 g/mol. The average Bonchev–Trinajstić information content (AvgIpc) is 3.30. The van der Waals surface area contributed by atoms with E-state index in [1.807, 2.05) is 30.3 Å². The van der Waals surface area contributed by atoms with Crippen LogP contribution >= 0.6 is 0 Å². The molecule has 1 aliphatic carbocycles. The molecule has 106 valence electrons. The monoisotopic (exact) mass is 281 g/mol. The lowest BCUT2D eigenvalue weighted by Crippen LogP contribution is -2.22. The summed E-state index contributed by atoms with van der Waals surface area (Å²) in [6, 6.07) is 16.2. The van der Waals surface area contributed by atoms with Gasteiger partial charge in [-0.2, -0.15) is 0 Å². The number of nitro benzene ring substituents is 1. The molecule has 0 aliphatic heterocycles. The van der Waals surface area contributed by atoms with E-state index in [0.717, 1.165) is 18.4 Å². The normalized spacial score (nSPS) is 15.4. The average molecular weight is 281 g/mol. The van der Waals surface area contributed by atoms with E-state index >= 15 is 0 Å². The molecule has 1 fully saturated rings. The maximum atomic E-state index is 12.6. The van der Waals surface area contributed by atoms with E-state index in [9.17, 15) is 14.9 Å². The van der Waals surface area contributed by atoms with Crippen LogP contribution in [0.3, 0.4) is 0 Å². The molecule has 0 unspecified atom stereocenters. The third-order valence-corrected chi connectivity index (χ3v) is 4.15. The number of para-hydroxylation sites is 1. The van der Waals surface area contributed by atoms with Crippen molar-refractivity contribution in [3.63, 3.8) is 0 Å². The summed E-state index contributed by atoms with van der Waals surface area (Å²) in [6.07, 6.45) is 1.78. The minimum atomic E-state index is -0.426. The van der Waals surface area contributed by atoms with Crippen molar-refractivity contribution in [1.82, 2.24) is 0 Å². The van der Waals surface area contributed by atoms with Crippen LogP contribution in [-0.2, 0) is 16.6 Å². The molecule has 0 N–H and O–H groups in total. The van der Waals surface area contributed by atoms with Gasteiger partial charge in [-0.1, -0.05) is 48.5 Å². The first-order valence-corrected chi connectivity index (χ1v) is 6.95. The Balaban J connectivity index is 1.87. The summed E-state index contributed by atoms with van der Waals surface area (Å²) in [5, 5.41) is 11.0. The van der Waals surface area contributed by atoms with E-state index in [4.69, 9.17) is 0 Å². The van der Waals surface area contributed by atoms with Gasteiger partial charge in [0, 0.05) is 18.1 Å². The van der Waals surface area contributed by atoms with Crippen LogP contribution in [0, 0.1) is 10.1 Å². The Morgan fingerprint density at radius 2 is 1.67 bits per heavy atom. The number of Topliss-reactive ketones (excluding diaryl/α,β-unsaturated/α-hetero) is 1. The van der Waals surface area contributed by atoms with Crippen LogP contribution < -0.4 is 0 Å². The Hall–Kier alpha value is -2.49. The quantitative estimate of drug-likeness (QED) is 0.623. The molecule has 0 saturated heterocycles. The number of nitro groups is 1. The molecule has 4 heteroatoms. The van der Waals surface area contributed by atoms with Gasteiger partial charge in [0.05, 0.1) is 10.3 Å². The second-order valence-corrected chi connectivity index (χ2v) is 5.43. The van der Waals surface area contributed by atoms with Gasteiger partial charge in [-0.15, -0.1) is 0 Å². The summed E-state index contributed by atoms with van der Waals surface area (Å²) < 4.78 is 0. The number of nitrogens with zero attached hydrogens (tertiary/aromatic N) is 1. The Kier molecular flexibility index (Phi) is 3.29. The molecule has 0 atom stereocenters. The highest BCUT2D eigenvalue weighted by atomic mass is 16.6. The first kappa shape index (κ1) is 13.5. The number of carbonyl (C=O) groups is 1. The molecule has 2 aromatic carbocycles. The zero-order valence-corrected chi connectivity index (χ0v) is 11.5. The maximum absolute atomic E-state index is 12.6. The molecule has 0 amide bonds. The first-order chi connectivity index (χ1) is 10.1. The molecule has 0 heterocycles. The summed E-state index contributed by atoms with van der Waals surface area (Å²) in [6.45, 7) is 0. The minimum absolute atomic E-state index is 0.0229. The molecule has 0 bridgehead atoms. The number of carbonyl (C=O) groups excluding carboxylic acids is 1. The Bertz CT molecular complexity index is 690. The summed E-state index contributed by atoms with van der Waals surface area (Å²) in [4.78, 5) is 23.3. The minimum Gasteiger partial charge on any atom is -0.298 e. The van der Waals surface area contributed by atoms with Crippen molar-refractivity contribution >= 4 is 11.5 Å². The SMILES string of the molecule is O=C(Cc1ccccc1[N+](=O)[O-])C1(c2ccccc2)CC1. The van der Waals surface area contributed by atoms with Crippen LogP contribution in [0.25, 0.3) is 0 Å². The summed E-state index contributed by atoms with van der Waals surface area (Å²) >= 11 is 0. The number of benzene rings is 2. The Morgan fingerprint density at radius 1 is 1.05 bits per heavy atom. The van der Waals surface area contributed by atoms with Crippen molar-refractivity contribution < 1.29 is 9.72 Å². The largest absolute Gasteiger partial charge is 0.298 e. The van der Waals surface area contributed by atoms with Crippen molar-refractivity contribution in [2.45, 2.75) is 24.7 Å². The van der Waals surface area contributed by atoms with E-state index in [-0.39, 0.29) is 17.9 Å². The summed E-state index contributed by atoms with van der Waals surface area (Å²) in [5.74, 6) is 0.0722. The third kappa shape index (κ3) is 2.44. The highest BCUT2D eigenvalue weighted by molar-refractivity contribution is 5.95. The Labute approximate surface area is 122 Å². The Morgan fingerprint density at radius 3 is 2.29 bits per heavy atom. The second kappa shape index (κ2) is 5.13. The third-order valence-electron chi connectivity index (χ3n) is 4.15. The van der Waals surface area contributed by atoms with Gasteiger partial charge >= 0.3 is 0 Å². The van der Waals surface area contributed by atoms with Crippen LogP contribution in [0.5, 0.6) is 0 Å². The smallest absolute Gasteiger partial charge is 0.273 e. The number of hydrogen-bond donors (Lipinski definition) is 0. The molecule has 1 aliphatic rings. The van der Waals surface area contributed by atoms with Crippen molar-refractivity contribution in [2.24, 2.45) is 0 Å². The summed E-state index contributed by atoms with van der Waals surface area (Å²) in [5.41, 5.74) is 1.11. The lowest BCUT2D eigenvalue weighted by molar-refractivity contribution is -0.385. The van der Waals surface area contributed by atoms with Crippen LogP contribution in [0.1, 0.15) is 24.0 Å². The first-order valence-electron chi connectivity index (χ1n) is 6.95. The number of hydrogen-bond acceptors (Lipinski definition) is 3. The zero-order chi connectivity index (χ0) is 14.9. The van der Waals surface area contributed by atoms with Crippen LogP contribution in [0.15, 0.2) is 54.6 Å². The van der Waals surface area contributed by atoms with Gasteiger partial charge in [0.2, 0.25) is 0 Å². The highest BCUT2D eigenvalue weighted by Crippen LogP contribution is 2.49. The molecule has 4 nitrogen and oxygen atoms in total. The standard InChI is InChI=1S/C17H15NO3/c19-16(12-13-6-4-5-9-15(13)18(20)21)17(10-11-17)14-7-2-1-3-8-14/h1-9H,10-12H2. The van der Waals surface area contributed by atoms with E-state index < -0.39 is 10.3 Å². The van der Waals surface area contributed by atoms with Gasteiger partial charge in [-0.3, -0.25) is 14.9 Å². The van der Waals surface area contributed by atoms with Gasteiger partial charge < -0.3 is 0 Å². The predicted molar refractivity (Wildman–Crippen MR) is 79.2 cm³/mol. The van der Waals surface area contributed by atoms with Crippen molar-refractivity contribution in [2.75, 3.05) is 0 Å². The molecule has 3 rings (SSSR count). The molecule has 0 spiro atoms. The summed E-state index contributed by atoms with van der Waals surface area (Å²) in [7, 11) is 0. The van der Waals surface area contributed by atoms with E-state index in [2.05, 4.69) is 0 Å². The number of rotatable bonds is 5. The van der Waals surface area contributed by atoms with Crippen molar-refractivity contribution in [3.05, 3.63) is 75.8 Å². The maximum Gasteiger partial charge on any atom is 0.273 e. The molecule has 0 aromatic heterocycles. The fourth-order valence-corrected chi connectivity index (χ4v) is 2.79. The van der Waals surface area contributed by atoms with Crippen molar-refractivity contribution in [1.29, 1.82) is 0 Å². The number of ketones is 1.